The monoisotopic (exact) mass is 258 g/mol. The molecule has 1 aromatic carbocycles. The van der Waals surface area contributed by atoms with E-state index >= 15 is 0 Å². The number of carboxylic acids is 1. The molecule has 0 amide bonds. The third kappa shape index (κ3) is 3.29. The van der Waals surface area contributed by atoms with Gasteiger partial charge in [0.05, 0.1) is 11.9 Å². The van der Waals surface area contributed by atoms with Gasteiger partial charge in [-0.05, 0) is 37.2 Å². The molecule has 2 rings (SSSR count). The predicted octanol–water partition coefficient (Wildman–Crippen LogP) is 2.67. The number of aliphatic carboxylic acids is 1. The number of pyridine rings is 1. The molecule has 0 bridgehead atoms. The Bertz CT molecular complexity index is 596. The van der Waals surface area contributed by atoms with Gasteiger partial charge in [-0.1, -0.05) is 19.1 Å². The third-order valence-electron chi connectivity index (χ3n) is 3.08. The van der Waals surface area contributed by atoms with E-state index in [9.17, 15) is 4.79 Å². The molecule has 0 aliphatic carbocycles. The van der Waals surface area contributed by atoms with Crippen LogP contribution in [-0.2, 0) is 4.79 Å². The van der Waals surface area contributed by atoms with Gasteiger partial charge in [-0.2, -0.15) is 0 Å². The second-order valence-electron chi connectivity index (χ2n) is 4.61. The Balaban J connectivity index is 2.37. The Morgan fingerprint density at radius 3 is 2.84 bits per heavy atom. The van der Waals surface area contributed by atoms with E-state index in [1.165, 1.54) is 0 Å². The number of aryl methyl sites for hydroxylation is 1. The maximum absolute atomic E-state index is 10.9. The van der Waals surface area contributed by atoms with Crippen molar-refractivity contribution in [3.05, 3.63) is 41.6 Å². The van der Waals surface area contributed by atoms with Gasteiger partial charge in [0.1, 0.15) is 0 Å². The molecular formula is C15H18N2O2. The Labute approximate surface area is 112 Å². The van der Waals surface area contributed by atoms with Gasteiger partial charge in [0.15, 0.2) is 0 Å². The Kier molecular flexibility index (Phi) is 4.12. The van der Waals surface area contributed by atoms with Gasteiger partial charge >= 0.3 is 5.97 Å². The molecule has 0 aliphatic rings. The molecule has 0 radical (unpaired) electrons. The van der Waals surface area contributed by atoms with E-state index < -0.39 is 5.97 Å². The molecule has 100 valence electrons. The summed E-state index contributed by atoms with van der Waals surface area (Å²) in [5, 5.41) is 13.2. The Morgan fingerprint density at radius 2 is 2.16 bits per heavy atom. The van der Waals surface area contributed by atoms with Gasteiger partial charge in [0.2, 0.25) is 0 Å². The zero-order chi connectivity index (χ0) is 13.8. The van der Waals surface area contributed by atoms with Crippen LogP contribution in [0.2, 0.25) is 0 Å². The molecule has 4 nitrogen and oxygen atoms in total. The SMILES string of the molecule is CCNC(CC(=O)O)c1ccc2nc(C)ccc2c1. The van der Waals surface area contributed by atoms with Crippen LogP contribution in [0.25, 0.3) is 10.9 Å². The van der Waals surface area contributed by atoms with Gasteiger partial charge in [-0.3, -0.25) is 9.78 Å². The van der Waals surface area contributed by atoms with Crippen molar-refractivity contribution in [3.8, 4) is 0 Å². The second-order valence-corrected chi connectivity index (χ2v) is 4.61. The maximum Gasteiger partial charge on any atom is 0.305 e. The number of fused-ring (bicyclic) bond motifs is 1. The number of nitrogens with zero attached hydrogens (tertiary/aromatic N) is 1. The van der Waals surface area contributed by atoms with Crippen molar-refractivity contribution >= 4 is 16.9 Å². The highest BCUT2D eigenvalue weighted by Crippen LogP contribution is 2.22. The fourth-order valence-electron chi connectivity index (χ4n) is 2.19. The molecule has 0 aliphatic heterocycles. The summed E-state index contributed by atoms with van der Waals surface area (Å²) in [5.41, 5.74) is 2.91. The van der Waals surface area contributed by atoms with Crippen molar-refractivity contribution in [2.24, 2.45) is 0 Å². The van der Waals surface area contributed by atoms with Gasteiger partial charge in [0.25, 0.3) is 0 Å². The third-order valence-corrected chi connectivity index (χ3v) is 3.08. The molecule has 0 fully saturated rings. The Hall–Kier alpha value is -1.94. The minimum absolute atomic E-state index is 0.0820. The summed E-state index contributed by atoms with van der Waals surface area (Å²) in [6.45, 7) is 4.67. The number of benzene rings is 1. The number of nitrogens with one attached hydrogen (secondary N) is 1. The number of carboxylic acid groups (broad SMARTS) is 1. The fraction of sp³-hybridized carbons (Fsp3) is 0.333. The van der Waals surface area contributed by atoms with E-state index in [1.54, 1.807) is 0 Å². The highest BCUT2D eigenvalue weighted by molar-refractivity contribution is 5.79. The van der Waals surface area contributed by atoms with Crippen LogP contribution in [0, 0.1) is 6.92 Å². The molecule has 0 saturated heterocycles. The van der Waals surface area contributed by atoms with Crippen molar-refractivity contribution in [1.29, 1.82) is 0 Å². The maximum atomic E-state index is 10.9. The van der Waals surface area contributed by atoms with E-state index in [4.69, 9.17) is 5.11 Å². The lowest BCUT2D eigenvalue weighted by Gasteiger charge is -2.16. The number of aromatic nitrogens is 1. The molecule has 2 aromatic rings. The quantitative estimate of drug-likeness (QED) is 0.865. The lowest BCUT2D eigenvalue weighted by atomic mass is 10.0. The number of carbonyl (C=O) groups is 1. The average Bonchev–Trinajstić information content (AvgIpc) is 2.37. The molecular weight excluding hydrogens is 240 g/mol. The van der Waals surface area contributed by atoms with Crippen molar-refractivity contribution in [1.82, 2.24) is 10.3 Å². The van der Waals surface area contributed by atoms with Crippen LogP contribution >= 0.6 is 0 Å². The molecule has 0 spiro atoms. The molecule has 1 atom stereocenters. The summed E-state index contributed by atoms with van der Waals surface area (Å²) in [6.07, 6.45) is 0.0820. The molecule has 1 heterocycles. The van der Waals surface area contributed by atoms with E-state index in [-0.39, 0.29) is 12.5 Å². The predicted molar refractivity (Wildman–Crippen MR) is 75.2 cm³/mol. The second kappa shape index (κ2) is 5.80. The van der Waals surface area contributed by atoms with Crippen LogP contribution < -0.4 is 5.32 Å². The highest BCUT2D eigenvalue weighted by Gasteiger charge is 2.14. The Morgan fingerprint density at radius 1 is 1.37 bits per heavy atom. The fourth-order valence-corrected chi connectivity index (χ4v) is 2.19. The van der Waals surface area contributed by atoms with E-state index in [2.05, 4.69) is 10.3 Å². The van der Waals surface area contributed by atoms with Crippen LogP contribution in [0.15, 0.2) is 30.3 Å². The normalized spacial score (nSPS) is 12.5. The average molecular weight is 258 g/mol. The van der Waals surface area contributed by atoms with Gasteiger partial charge in [-0.15, -0.1) is 0 Å². The number of hydrogen-bond donors (Lipinski definition) is 2. The van der Waals surface area contributed by atoms with Crippen molar-refractivity contribution in [2.45, 2.75) is 26.3 Å². The standard InChI is InChI=1S/C15H18N2O2/c1-3-16-14(9-15(18)19)12-6-7-13-11(8-12)5-4-10(2)17-13/h4-8,14,16H,3,9H2,1-2H3,(H,18,19). The largest absolute Gasteiger partial charge is 0.481 e. The number of rotatable bonds is 5. The van der Waals surface area contributed by atoms with E-state index in [0.29, 0.717) is 0 Å². The lowest BCUT2D eigenvalue weighted by Crippen LogP contribution is -2.23. The molecule has 2 N–H and O–H groups in total. The van der Waals surface area contributed by atoms with Gasteiger partial charge < -0.3 is 10.4 Å². The summed E-state index contributed by atoms with van der Waals surface area (Å²) < 4.78 is 0. The smallest absolute Gasteiger partial charge is 0.305 e. The van der Waals surface area contributed by atoms with Crippen LogP contribution in [0.1, 0.15) is 30.6 Å². The first-order valence-corrected chi connectivity index (χ1v) is 6.42. The van der Waals surface area contributed by atoms with Gasteiger partial charge in [-0.25, -0.2) is 0 Å². The zero-order valence-electron chi connectivity index (χ0n) is 11.2. The van der Waals surface area contributed by atoms with Crippen molar-refractivity contribution in [2.75, 3.05) is 6.54 Å². The van der Waals surface area contributed by atoms with E-state index in [1.807, 2.05) is 44.2 Å². The molecule has 1 unspecified atom stereocenters. The molecule has 4 heteroatoms. The lowest BCUT2D eigenvalue weighted by molar-refractivity contribution is -0.137. The van der Waals surface area contributed by atoms with Crippen LogP contribution in [0.5, 0.6) is 0 Å². The summed E-state index contributed by atoms with van der Waals surface area (Å²) >= 11 is 0. The first-order chi connectivity index (χ1) is 9.10. The minimum atomic E-state index is -0.798. The highest BCUT2D eigenvalue weighted by atomic mass is 16.4. The topological polar surface area (TPSA) is 62.2 Å². The summed E-state index contributed by atoms with van der Waals surface area (Å²) in [7, 11) is 0. The van der Waals surface area contributed by atoms with Crippen molar-refractivity contribution in [3.63, 3.8) is 0 Å². The minimum Gasteiger partial charge on any atom is -0.481 e. The summed E-state index contributed by atoms with van der Waals surface area (Å²) in [6, 6.07) is 9.73. The van der Waals surface area contributed by atoms with Crippen molar-refractivity contribution < 1.29 is 9.90 Å². The van der Waals surface area contributed by atoms with Crippen LogP contribution in [-0.4, -0.2) is 22.6 Å². The zero-order valence-corrected chi connectivity index (χ0v) is 11.2. The van der Waals surface area contributed by atoms with Crippen LogP contribution in [0.4, 0.5) is 0 Å². The molecule has 0 saturated carbocycles. The number of hydrogen-bond acceptors (Lipinski definition) is 3. The summed E-state index contributed by atoms with van der Waals surface area (Å²) in [4.78, 5) is 15.4. The molecule has 19 heavy (non-hydrogen) atoms. The van der Waals surface area contributed by atoms with Crippen LogP contribution in [0.3, 0.4) is 0 Å². The first-order valence-electron chi connectivity index (χ1n) is 6.42. The summed E-state index contributed by atoms with van der Waals surface area (Å²) in [5.74, 6) is -0.798. The molecule has 1 aromatic heterocycles. The van der Waals surface area contributed by atoms with E-state index in [0.717, 1.165) is 28.7 Å². The van der Waals surface area contributed by atoms with Gasteiger partial charge in [0, 0.05) is 17.1 Å². The first kappa shape index (κ1) is 13.5.